The van der Waals surface area contributed by atoms with E-state index in [1.54, 1.807) is 4.90 Å². The Labute approximate surface area is 158 Å². The SMILES string of the molecule is CCc1nc(N)sc1C(=O)N1CCC[C@@H](C(=O)CCc2ccccc2)C1. The largest absolute Gasteiger partial charge is 0.375 e. The average molecular weight is 372 g/mol. The summed E-state index contributed by atoms with van der Waals surface area (Å²) in [5, 5.41) is 0.428. The van der Waals surface area contributed by atoms with E-state index in [2.05, 4.69) is 4.98 Å². The third kappa shape index (κ3) is 4.30. The molecule has 2 heterocycles. The normalized spacial score (nSPS) is 17.3. The van der Waals surface area contributed by atoms with Gasteiger partial charge in [-0.05, 0) is 31.2 Å². The number of thiazole rings is 1. The van der Waals surface area contributed by atoms with Crippen molar-refractivity contribution in [3.05, 3.63) is 46.5 Å². The van der Waals surface area contributed by atoms with Crippen LogP contribution >= 0.6 is 11.3 Å². The van der Waals surface area contributed by atoms with E-state index >= 15 is 0 Å². The Morgan fingerprint density at radius 2 is 2.08 bits per heavy atom. The Hall–Kier alpha value is -2.21. The number of piperidine rings is 1. The van der Waals surface area contributed by atoms with Crippen molar-refractivity contribution in [2.45, 2.75) is 39.0 Å². The van der Waals surface area contributed by atoms with Crippen LogP contribution in [0.2, 0.25) is 0 Å². The fourth-order valence-electron chi connectivity index (χ4n) is 3.46. The van der Waals surface area contributed by atoms with Crippen molar-refractivity contribution in [1.82, 2.24) is 9.88 Å². The Morgan fingerprint density at radius 1 is 1.31 bits per heavy atom. The first-order valence-electron chi connectivity index (χ1n) is 9.19. The Kier molecular flexibility index (Phi) is 6.04. The highest BCUT2D eigenvalue weighted by atomic mass is 32.1. The number of benzene rings is 1. The van der Waals surface area contributed by atoms with Crippen molar-refractivity contribution >= 4 is 28.2 Å². The highest BCUT2D eigenvalue weighted by Crippen LogP contribution is 2.26. The van der Waals surface area contributed by atoms with E-state index in [0.29, 0.717) is 35.9 Å². The van der Waals surface area contributed by atoms with Crippen LogP contribution in [0.1, 0.15) is 47.1 Å². The van der Waals surface area contributed by atoms with E-state index in [0.717, 1.165) is 25.0 Å². The number of hydrogen-bond acceptors (Lipinski definition) is 5. The van der Waals surface area contributed by atoms with Crippen LogP contribution in [0, 0.1) is 5.92 Å². The van der Waals surface area contributed by atoms with Gasteiger partial charge in [-0.2, -0.15) is 0 Å². The molecule has 2 aromatic rings. The highest BCUT2D eigenvalue weighted by Gasteiger charge is 2.30. The van der Waals surface area contributed by atoms with Crippen molar-refractivity contribution in [2.24, 2.45) is 5.92 Å². The molecule has 1 atom stereocenters. The summed E-state index contributed by atoms with van der Waals surface area (Å²) in [5.74, 6) is 0.161. The van der Waals surface area contributed by atoms with E-state index in [1.807, 2.05) is 37.3 Å². The molecule has 2 N–H and O–H groups in total. The molecule has 0 saturated carbocycles. The summed E-state index contributed by atoms with van der Waals surface area (Å²) in [4.78, 5) is 32.2. The van der Waals surface area contributed by atoms with E-state index < -0.39 is 0 Å². The lowest BCUT2D eigenvalue weighted by Crippen LogP contribution is -2.42. The summed E-state index contributed by atoms with van der Waals surface area (Å²) in [6.07, 6.45) is 3.70. The van der Waals surface area contributed by atoms with Crippen molar-refractivity contribution in [2.75, 3.05) is 18.8 Å². The van der Waals surface area contributed by atoms with Gasteiger partial charge in [-0.25, -0.2) is 4.98 Å². The molecule has 1 aromatic heterocycles. The third-order valence-electron chi connectivity index (χ3n) is 4.91. The molecule has 5 nitrogen and oxygen atoms in total. The average Bonchev–Trinajstić information content (AvgIpc) is 3.07. The second-order valence-electron chi connectivity index (χ2n) is 6.72. The Balaban J connectivity index is 1.61. The summed E-state index contributed by atoms with van der Waals surface area (Å²) >= 11 is 1.25. The maximum Gasteiger partial charge on any atom is 0.265 e. The monoisotopic (exact) mass is 371 g/mol. The lowest BCUT2D eigenvalue weighted by atomic mass is 9.90. The maximum atomic E-state index is 12.9. The smallest absolute Gasteiger partial charge is 0.265 e. The summed E-state index contributed by atoms with van der Waals surface area (Å²) in [7, 11) is 0. The molecule has 0 aliphatic carbocycles. The van der Waals surface area contributed by atoms with Gasteiger partial charge < -0.3 is 10.6 Å². The zero-order valence-corrected chi connectivity index (χ0v) is 15.9. The van der Waals surface area contributed by atoms with E-state index in [-0.39, 0.29) is 17.6 Å². The van der Waals surface area contributed by atoms with Crippen molar-refractivity contribution in [3.8, 4) is 0 Å². The second kappa shape index (κ2) is 8.45. The predicted molar refractivity (Wildman–Crippen MR) is 104 cm³/mol. The number of Topliss-reactive ketones (excluding diaryl/α,β-unsaturated/α-hetero) is 1. The topological polar surface area (TPSA) is 76.3 Å². The highest BCUT2D eigenvalue weighted by molar-refractivity contribution is 7.17. The lowest BCUT2D eigenvalue weighted by molar-refractivity contribution is -0.124. The van der Waals surface area contributed by atoms with E-state index in [1.165, 1.54) is 16.9 Å². The molecule has 138 valence electrons. The number of nitrogen functional groups attached to an aromatic ring is 1. The minimum absolute atomic E-state index is 0.0309. The Morgan fingerprint density at radius 3 is 2.81 bits per heavy atom. The third-order valence-corrected chi connectivity index (χ3v) is 5.82. The van der Waals surface area contributed by atoms with Crippen LogP contribution in [0.15, 0.2) is 30.3 Å². The minimum atomic E-state index is -0.0632. The molecular weight excluding hydrogens is 346 g/mol. The Bertz CT molecular complexity index is 773. The number of aromatic nitrogens is 1. The van der Waals surface area contributed by atoms with Gasteiger partial charge in [0.05, 0.1) is 5.69 Å². The summed E-state index contributed by atoms with van der Waals surface area (Å²) in [6.45, 7) is 3.17. The van der Waals surface area contributed by atoms with E-state index in [4.69, 9.17) is 5.73 Å². The molecule has 26 heavy (non-hydrogen) atoms. The lowest BCUT2D eigenvalue weighted by Gasteiger charge is -2.32. The van der Waals surface area contributed by atoms with Gasteiger partial charge in [0, 0.05) is 25.4 Å². The molecule has 1 fully saturated rings. The van der Waals surface area contributed by atoms with Crippen LogP contribution in [0.25, 0.3) is 0 Å². The first-order chi connectivity index (χ1) is 12.6. The van der Waals surface area contributed by atoms with Crippen molar-refractivity contribution in [3.63, 3.8) is 0 Å². The first kappa shape index (κ1) is 18.6. The number of nitrogens with zero attached hydrogens (tertiary/aromatic N) is 2. The first-order valence-corrected chi connectivity index (χ1v) is 10.0. The molecule has 1 saturated heterocycles. The molecule has 0 radical (unpaired) electrons. The van der Waals surface area contributed by atoms with Crippen molar-refractivity contribution in [1.29, 1.82) is 0 Å². The maximum absolute atomic E-state index is 12.9. The minimum Gasteiger partial charge on any atom is -0.375 e. The molecular formula is C20H25N3O2S. The molecule has 1 amide bonds. The van der Waals surface area contributed by atoms with Crippen LogP contribution in [0.4, 0.5) is 5.13 Å². The number of likely N-dealkylation sites (tertiary alicyclic amines) is 1. The molecule has 3 rings (SSSR count). The fraction of sp³-hybridized carbons (Fsp3) is 0.450. The summed E-state index contributed by atoms with van der Waals surface area (Å²) < 4.78 is 0. The van der Waals surface area contributed by atoms with Crippen LogP contribution in [0.5, 0.6) is 0 Å². The number of aryl methyl sites for hydroxylation is 2. The van der Waals surface area contributed by atoms with Crippen LogP contribution in [-0.4, -0.2) is 34.7 Å². The number of carbonyl (C=O) groups is 2. The number of anilines is 1. The standard InChI is InChI=1S/C20H25N3O2S/c1-2-16-18(26-20(21)22-16)19(25)23-12-6-9-15(13-23)17(24)11-10-14-7-4-3-5-8-14/h3-5,7-8,15H,2,6,9-13H2,1H3,(H2,21,22)/t15-/m1/s1. The summed E-state index contributed by atoms with van der Waals surface area (Å²) in [5.41, 5.74) is 7.71. The number of nitrogens with two attached hydrogens (primary N) is 1. The van der Waals surface area contributed by atoms with Crippen LogP contribution < -0.4 is 5.73 Å². The second-order valence-corrected chi connectivity index (χ2v) is 7.75. The molecule has 0 bridgehead atoms. The predicted octanol–water partition coefficient (Wildman–Crippen LogP) is 3.34. The van der Waals surface area contributed by atoms with Gasteiger partial charge in [0.25, 0.3) is 5.91 Å². The zero-order valence-electron chi connectivity index (χ0n) is 15.1. The van der Waals surface area contributed by atoms with E-state index in [9.17, 15) is 9.59 Å². The van der Waals surface area contributed by atoms with Gasteiger partial charge in [0.1, 0.15) is 10.7 Å². The number of ketones is 1. The molecule has 0 spiro atoms. The van der Waals surface area contributed by atoms with Gasteiger partial charge in [-0.1, -0.05) is 48.6 Å². The molecule has 1 aliphatic rings. The van der Waals surface area contributed by atoms with Gasteiger partial charge in [-0.15, -0.1) is 0 Å². The molecule has 1 aliphatic heterocycles. The molecule has 0 unspecified atom stereocenters. The zero-order chi connectivity index (χ0) is 18.5. The van der Waals surface area contributed by atoms with Crippen LogP contribution in [-0.2, 0) is 17.6 Å². The number of rotatable bonds is 6. The molecule has 6 heteroatoms. The van der Waals surface area contributed by atoms with Gasteiger partial charge in [0.2, 0.25) is 0 Å². The summed E-state index contributed by atoms with van der Waals surface area (Å²) in [6, 6.07) is 10.1. The quantitative estimate of drug-likeness (QED) is 0.845. The van der Waals surface area contributed by atoms with Crippen molar-refractivity contribution < 1.29 is 9.59 Å². The molecule has 1 aromatic carbocycles. The number of hydrogen-bond donors (Lipinski definition) is 1. The number of carbonyl (C=O) groups excluding carboxylic acids is 2. The number of amides is 1. The van der Waals surface area contributed by atoms with Gasteiger partial charge in [0.15, 0.2) is 5.13 Å². The van der Waals surface area contributed by atoms with Crippen LogP contribution in [0.3, 0.4) is 0 Å². The fourth-order valence-corrected chi connectivity index (χ4v) is 4.35. The van der Waals surface area contributed by atoms with Gasteiger partial charge in [-0.3, -0.25) is 9.59 Å². The van der Waals surface area contributed by atoms with Gasteiger partial charge >= 0.3 is 0 Å².